The topological polar surface area (TPSA) is 76.1 Å². The third-order valence-corrected chi connectivity index (χ3v) is 4.22. The molecule has 3 aromatic rings. The van der Waals surface area contributed by atoms with Crippen molar-refractivity contribution >= 4 is 45.4 Å². The van der Waals surface area contributed by atoms with Gasteiger partial charge in [0.25, 0.3) is 5.91 Å². The Balaban J connectivity index is 1.65. The van der Waals surface area contributed by atoms with Gasteiger partial charge in [0, 0.05) is 17.3 Å². The van der Waals surface area contributed by atoms with E-state index in [1.165, 1.54) is 11.3 Å². The Bertz CT molecular complexity index is 867. The molecule has 0 fully saturated rings. The van der Waals surface area contributed by atoms with Crippen molar-refractivity contribution in [2.45, 2.75) is 6.92 Å². The molecule has 128 valence electrons. The molecule has 0 aliphatic carbocycles. The fraction of sp³-hybridized carbons (Fsp3) is 0.118. The molecule has 6 nitrogen and oxygen atoms in total. The van der Waals surface area contributed by atoms with Crippen LogP contribution in [0.25, 0.3) is 0 Å². The van der Waals surface area contributed by atoms with Crippen molar-refractivity contribution in [3.05, 3.63) is 58.8 Å². The number of aromatic nitrogens is 2. The van der Waals surface area contributed by atoms with Crippen LogP contribution in [0.2, 0.25) is 5.15 Å². The lowest BCUT2D eigenvalue weighted by Crippen LogP contribution is -2.13. The summed E-state index contributed by atoms with van der Waals surface area (Å²) >= 11 is 7.28. The van der Waals surface area contributed by atoms with Crippen LogP contribution in [0, 0.1) is 0 Å². The van der Waals surface area contributed by atoms with E-state index in [2.05, 4.69) is 20.6 Å². The number of anilines is 3. The molecule has 0 aliphatic rings. The van der Waals surface area contributed by atoms with Crippen molar-refractivity contribution in [2.24, 2.45) is 0 Å². The van der Waals surface area contributed by atoms with Gasteiger partial charge in [0.15, 0.2) is 10.3 Å². The molecule has 8 heteroatoms. The Morgan fingerprint density at radius 1 is 1.28 bits per heavy atom. The highest BCUT2D eigenvalue weighted by atomic mass is 35.5. The first-order chi connectivity index (χ1) is 12.2. The zero-order valence-corrected chi connectivity index (χ0v) is 14.9. The predicted molar refractivity (Wildman–Crippen MR) is 100 cm³/mol. The number of rotatable bonds is 6. The summed E-state index contributed by atoms with van der Waals surface area (Å²) in [6.07, 6.45) is 1.56. The Hall–Kier alpha value is -2.64. The number of hydrogen-bond acceptors (Lipinski definition) is 6. The average molecular weight is 375 g/mol. The van der Waals surface area contributed by atoms with Crippen molar-refractivity contribution in [1.29, 1.82) is 0 Å². The number of amides is 1. The van der Waals surface area contributed by atoms with Gasteiger partial charge in [0.2, 0.25) is 0 Å². The minimum absolute atomic E-state index is 0.235. The summed E-state index contributed by atoms with van der Waals surface area (Å²) in [4.78, 5) is 20.5. The molecule has 25 heavy (non-hydrogen) atoms. The number of ether oxygens (including phenoxy) is 1. The maximum absolute atomic E-state index is 12.3. The van der Waals surface area contributed by atoms with Crippen molar-refractivity contribution in [1.82, 2.24) is 9.97 Å². The van der Waals surface area contributed by atoms with Crippen LogP contribution in [0.3, 0.4) is 0 Å². The van der Waals surface area contributed by atoms with Crippen molar-refractivity contribution in [3.63, 3.8) is 0 Å². The van der Waals surface area contributed by atoms with E-state index >= 15 is 0 Å². The highest BCUT2D eigenvalue weighted by Crippen LogP contribution is 2.24. The Labute approximate surface area is 153 Å². The molecule has 2 heterocycles. The van der Waals surface area contributed by atoms with Crippen molar-refractivity contribution < 1.29 is 9.53 Å². The van der Waals surface area contributed by atoms with Crippen LogP contribution in [-0.2, 0) is 0 Å². The number of nitrogens with zero attached hydrogens (tertiary/aromatic N) is 2. The molecular weight excluding hydrogens is 360 g/mol. The number of carbonyl (C=O) groups is 1. The summed E-state index contributed by atoms with van der Waals surface area (Å²) in [7, 11) is 0. The van der Waals surface area contributed by atoms with Crippen LogP contribution in [0.4, 0.5) is 16.5 Å². The molecular formula is C17H15ClN4O2S. The SMILES string of the molecule is CCOc1ccc(Nc2nc(C(=O)Nc3cccnc3Cl)cs2)cc1. The molecule has 0 radical (unpaired) electrons. The molecule has 0 saturated carbocycles. The second-order valence-corrected chi connectivity index (χ2v) is 6.13. The Kier molecular flexibility index (Phi) is 5.47. The number of benzene rings is 1. The zero-order chi connectivity index (χ0) is 17.6. The lowest BCUT2D eigenvalue weighted by Gasteiger charge is -2.05. The first-order valence-corrected chi connectivity index (χ1v) is 8.78. The monoisotopic (exact) mass is 374 g/mol. The first kappa shape index (κ1) is 17.2. The summed E-state index contributed by atoms with van der Waals surface area (Å²) < 4.78 is 5.40. The lowest BCUT2D eigenvalue weighted by atomic mass is 10.3. The van der Waals surface area contributed by atoms with Crippen LogP contribution < -0.4 is 15.4 Å². The molecule has 0 saturated heterocycles. The van der Waals surface area contributed by atoms with Crippen LogP contribution in [0.1, 0.15) is 17.4 Å². The van der Waals surface area contributed by atoms with E-state index in [0.29, 0.717) is 23.1 Å². The van der Waals surface area contributed by atoms with Crippen LogP contribution in [-0.4, -0.2) is 22.5 Å². The van der Waals surface area contributed by atoms with Gasteiger partial charge >= 0.3 is 0 Å². The highest BCUT2D eigenvalue weighted by molar-refractivity contribution is 7.14. The van der Waals surface area contributed by atoms with E-state index in [1.54, 1.807) is 23.7 Å². The molecule has 2 N–H and O–H groups in total. The molecule has 0 spiro atoms. The molecule has 0 aliphatic heterocycles. The highest BCUT2D eigenvalue weighted by Gasteiger charge is 2.13. The number of nitrogens with one attached hydrogen (secondary N) is 2. The molecule has 0 atom stereocenters. The summed E-state index contributed by atoms with van der Waals surface area (Å²) in [6.45, 7) is 2.56. The van der Waals surface area contributed by atoms with Gasteiger partial charge in [-0.3, -0.25) is 4.79 Å². The number of carbonyl (C=O) groups excluding carboxylic acids is 1. The largest absolute Gasteiger partial charge is 0.494 e. The number of hydrogen-bond donors (Lipinski definition) is 2. The standard InChI is InChI=1S/C17H15ClN4O2S/c1-2-24-12-7-5-11(6-8-12)20-17-22-14(10-25-17)16(23)21-13-4-3-9-19-15(13)18/h3-10H,2H2,1H3,(H,20,22)(H,21,23). The van der Waals surface area contributed by atoms with E-state index in [1.807, 2.05) is 31.2 Å². The third kappa shape index (κ3) is 4.46. The van der Waals surface area contributed by atoms with Gasteiger partial charge < -0.3 is 15.4 Å². The second kappa shape index (κ2) is 7.96. The van der Waals surface area contributed by atoms with Crippen LogP contribution >= 0.6 is 22.9 Å². The molecule has 2 aromatic heterocycles. The third-order valence-electron chi connectivity index (χ3n) is 3.16. The van der Waals surface area contributed by atoms with E-state index < -0.39 is 0 Å². The maximum atomic E-state index is 12.3. The van der Waals surface area contributed by atoms with Gasteiger partial charge in [0.1, 0.15) is 11.4 Å². The van der Waals surface area contributed by atoms with Crippen LogP contribution in [0.15, 0.2) is 48.0 Å². The van der Waals surface area contributed by atoms with E-state index in [4.69, 9.17) is 16.3 Å². The van der Waals surface area contributed by atoms with E-state index in [0.717, 1.165) is 11.4 Å². The van der Waals surface area contributed by atoms with Gasteiger partial charge in [-0.25, -0.2) is 9.97 Å². The second-order valence-electron chi connectivity index (χ2n) is 4.92. The average Bonchev–Trinajstić information content (AvgIpc) is 3.08. The summed E-state index contributed by atoms with van der Waals surface area (Å²) in [5.74, 6) is 0.464. The van der Waals surface area contributed by atoms with Gasteiger partial charge in [-0.2, -0.15) is 0 Å². The fourth-order valence-corrected chi connectivity index (χ4v) is 2.90. The molecule has 0 bridgehead atoms. The summed E-state index contributed by atoms with van der Waals surface area (Å²) in [6, 6.07) is 10.9. The molecule has 3 rings (SSSR count). The molecule has 0 unspecified atom stereocenters. The fourth-order valence-electron chi connectivity index (χ4n) is 2.03. The van der Waals surface area contributed by atoms with E-state index in [-0.39, 0.29) is 11.1 Å². The number of pyridine rings is 1. The quantitative estimate of drug-likeness (QED) is 0.617. The number of thiazole rings is 1. The van der Waals surface area contributed by atoms with Gasteiger partial charge in [0.05, 0.1) is 12.3 Å². The minimum Gasteiger partial charge on any atom is -0.494 e. The maximum Gasteiger partial charge on any atom is 0.275 e. The number of halogens is 1. The Morgan fingerprint density at radius 2 is 2.08 bits per heavy atom. The Morgan fingerprint density at radius 3 is 2.80 bits per heavy atom. The summed E-state index contributed by atoms with van der Waals surface area (Å²) in [5.41, 5.74) is 1.61. The first-order valence-electron chi connectivity index (χ1n) is 7.53. The van der Waals surface area contributed by atoms with Gasteiger partial charge in [-0.15, -0.1) is 11.3 Å². The molecule has 1 amide bonds. The zero-order valence-electron chi connectivity index (χ0n) is 13.3. The van der Waals surface area contributed by atoms with Gasteiger partial charge in [-0.05, 0) is 43.3 Å². The normalized spacial score (nSPS) is 10.3. The lowest BCUT2D eigenvalue weighted by molar-refractivity contribution is 0.102. The molecule has 1 aromatic carbocycles. The summed E-state index contributed by atoms with van der Waals surface area (Å²) in [5, 5.41) is 8.38. The van der Waals surface area contributed by atoms with Crippen LogP contribution in [0.5, 0.6) is 5.75 Å². The van der Waals surface area contributed by atoms with Gasteiger partial charge in [-0.1, -0.05) is 11.6 Å². The van der Waals surface area contributed by atoms with E-state index in [9.17, 15) is 4.79 Å². The smallest absolute Gasteiger partial charge is 0.275 e. The van der Waals surface area contributed by atoms with Crippen molar-refractivity contribution in [2.75, 3.05) is 17.2 Å². The minimum atomic E-state index is -0.342. The van der Waals surface area contributed by atoms with Crippen molar-refractivity contribution in [3.8, 4) is 5.75 Å². The predicted octanol–water partition coefficient (Wildman–Crippen LogP) is 4.59.